The molecule has 7 heteroatoms. The van der Waals surface area contributed by atoms with Gasteiger partial charge in [-0.2, -0.15) is 0 Å². The zero-order valence-electron chi connectivity index (χ0n) is 12.3. The second-order valence-electron chi connectivity index (χ2n) is 4.70. The lowest BCUT2D eigenvalue weighted by atomic mass is 10.1. The van der Waals surface area contributed by atoms with E-state index in [-0.39, 0.29) is 17.9 Å². The number of hydrogen-bond donors (Lipinski definition) is 1. The highest BCUT2D eigenvalue weighted by molar-refractivity contribution is 7.89. The minimum absolute atomic E-state index is 0.0257. The van der Waals surface area contributed by atoms with E-state index in [2.05, 4.69) is 0 Å². The largest absolute Gasteiger partial charge is 0.478 e. The van der Waals surface area contributed by atoms with Gasteiger partial charge in [0.15, 0.2) is 0 Å². The Morgan fingerprint density at radius 1 is 1.33 bits per heavy atom. The molecular weight excluding hydrogens is 294 g/mol. The number of hydrogen-bond acceptors (Lipinski definition) is 4. The molecule has 0 aliphatic carbocycles. The first-order chi connectivity index (χ1) is 9.88. The van der Waals surface area contributed by atoms with Gasteiger partial charge in [0.1, 0.15) is 0 Å². The van der Waals surface area contributed by atoms with Crippen LogP contribution < -0.4 is 0 Å². The number of carboxylic acid groups (broad SMARTS) is 1. The highest BCUT2D eigenvalue weighted by Crippen LogP contribution is 2.11. The molecule has 21 heavy (non-hydrogen) atoms. The molecule has 0 aliphatic rings. The van der Waals surface area contributed by atoms with Gasteiger partial charge >= 0.3 is 5.97 Å². The van der Waals surface area contributed by atoms with Crippen molar-refractivity contribution in [3.8, 4) is 0 Å². The van der Waals surface area contributed by atoms with Crippen LogP contribution in [0, 0.1) is 0 Å². The summed E-state index contributed by atoms with van der Waals surface area (Å²) in [5.41, 5.74) is 0.839. The van der Waals surface area contributed by atoms with Crippen LogP contribution in [-0.2, 0) is 21.2 Å². The number of nitrogens with zero attached hydrogens (tertiary/aromatic N) is 1. The van der Waals surface area contributed by atoms with Crippen LogP contribution in [0.5, 0.6) is 0 Å². The molecule has 0 aromatic heterocycles. The third kappa shape index (κ3) is 5.45. The zero-order valence-corrected chi connectivity index (χ0v) is 13.1. The van der Waals surface area contributed by atoms with Gasteiger partial charge in [-0.05, 0) is 24.5 Å². The number of ether oxygens (including phenoxy) is 1. The zero-order chi connectivity index (χ0) is 15.9. The van der Waals surface area contributed by atoms with E-state index in [1.54, 1.807) is 18.2 Å². The Morgan fingerprint density at radius 2 is 2.00 bits per heavy atom. The Balaban J connectivity index is 2.64. The Bertz CT molecular complexity index is 570. The Hall–Kier alpha value is -1.44. The van der Waals surface area contributed by atoms with Gasteiger partial charge in [0.25, 0.3) is 0 Å². The highest BCUT2D eigenvalue weighted by Gasteiger charge is 2.18. The third-order valence-electron chi connectivity index (χ3n) is 3.17. The molecule has 0 radical (unpaired) electrons. The summed E-state index contributed by atoms with van der Waals surface area (Å²) >= 11 is 0. The Morgan fingerprint density at radius 3 is 2.62 bits per heavy atom. The van der Waals surface area contributed by atoms with Crippen molar-refractivity contribution < 1.29 is 23.1 Å². The van der Waals surface area contributed by atoms with Crippen molar-refractivity contribution in [2.45, 2.75) is 12.8 Å². The van der Waals surface area contributed by atoms with E-state index in [0.717, 1.165) is 0 Å². The van der Waals surface area contributed by atoms with Crippen LogP contribution in [0.15, 0.2) is 24.3 Å². The lowest BCUT2D eigenvalue weighted by Crippen LogP contribution is -2.31. The summed E-state index contributed by atoms with van der Waals surface area (Å²) < 4.78 is 30.1. The third-order valence-corrected chi connectivity index (χ3v) is 5.11. The predicted molar refractivity (Wildman–Crippen MR) is 80.0 cm³/mol. The Kier molecular flexibility index (Phi) is 6.80. The molecule has 0 saturated carbocycles. The van der Waals surface area contributed by atoms with Crippen molar-refractivity contribution in [2.24, 2.45) is 0 Å². The molecule has 0 fully saturated rings. The maximum atomic E-state index is 12.0. The van der Waals surface area contributed by atoms with Gasteiger partial charge in [-0.15, -0.1) is 0 Å². The topological polar surface area (TPSA) is 83.9 Å². The normalized spacial score (nSPS) is 11.8. The fourth-order valence-electron chi connectivity index (χ4n) is 1.91. The van der Waals surface area contributed by atoms with E-state index < -0.39 is 16.0 Å². The van der Waals surface area contributed by atoms with Crippen molar-refractivity contribution in [1.29, 1.82) is 0 Å². The van der Waals surface area contributed by atoms with Crippen LogP contribution in [0.2, 0.25) is 0 Å². The first kappa shape index (κ1) is 17.6. The number of aromatic carboxylic acids is 1. The summed E-state index contributed by atoms with van der Waals surface area (Å²) in [6.45, 7) is 0.647. The molecule has 1 N–H and O–H groups in total. The van der Waals surface area contributed by atoms with Gasteiger partial charge in [0, 0.05) is 27.3 Å². The van der Waals surface area contributed by atoms with Crippen molar-refractivity contribution in [1.82, 2.24) is 4.31 Å². The second kappa shape index (κ2) is 8.11. The van der Waals surface area contributed by atoms with Gasteiger partial charge in [0.2, 0.25) is 10.0 Å². The average molecular weight is 315 g/mol. The SMILES string of the molecule is COCCCS(=O)(=O)N(C)CCc1ccccc1C(=O)O. The van der Waals surface area contributed by atoms with Crippen molar-refractivity contribution in [3.63, 3.8) is 0 Å². The van der Waals surface area contributed by atoms with Crippen molar-refractivity contribution in [2.75, 3.05) is 33.1 Å². The number of methoxy groups -OCH3 is 1. The number of sulfonamides is 1. The van der Waals surface area contributed by atoms with Crippen LogP contribution in [-0.4, -0.2) is 56.9 Å². The maximum Gasteiger partial charge on any atom is 0.335 e. The van der Waals surface area contributed by atoms with Crippen LogP contribution in [0.4, 0.5) is 0 Å². The number of carboxylic acids is 1. The molecule has 0 bridgehead atoms. The number of carbonyl (C=O) groups is 1. The van der Waals surface area contributed by atoms with E-state index in [4.69, 9.17) is 9.84 Å². The molecule has 0 heterocycles. The van der Waals surface area contributed by atoms with Crippen LogP contribution in [0.1, 0.15) is 22.3 Å². The quantitative estimate of drug-likeness (QED) is 0.693. The molecule has 0 amide bonds. The van der Waals surface area contributed by atoms with E-state index >= 15 is 0 Å². The van der Waals surface area contributed by atoms with E-state index in [9.17, 15) is 13.2 Å². The minimum Gasteiger partial charge on any atom is -0.478 e. The monoisotopic (exact) mass is 315 g/mol. The van der Waals surface area contributed by atoms with Gasteiger partial charge in [-0.3, -0.25) is 0 Å². The maximum absolute atomic E-state index is 12.0. The summed E-state index contributed by atoms with van der Waals surface area (Å²) in [4.78, 5) is 11.1. The van der Waals surface area contributed by atoms with Crippen molar-refractivity contribution >= 4 is 16.0 Å². The van der Waals surface area contributed by atoms with Crippen molar-refractivity contribution in [3.05, 3.63) is 35.4 Å². The molecule has 1 rings (SSSR count). The first-order valence-corrected chi connectivity index (χ1v) is 8.23. The summed E-state index contributed by atoms with van der Waals surface area (Å²) in [5, 5.41) is 9.09. The summed E-state index contributed by atoms with van der Waals surface area (Å²) in [6, 6.07) is 6.62. The molecule has 6 nitrogen and oxygen atoms in total. The molecule has 1 aromatic rings. The lowest BCUT2D eigenvalue weighted by molar-refractivity contribution is 0.0695. The predicted octanol–water partition coefficient (Wildman–Crippen LogP) is 1.23. The molecule has 1 aromatic carbocycles. The smallest absolute Gasteiger partial charge is 0.335 e. The molecule has 0 aliphatic heterocycles. The van der Waals surface area contributed by atoms with Crippen LogP contribution >= 0.6 is 0 Å². The number of likely N-dealkylation sites (N-methyl/N-ethyl adjacent to an activating group) is 1. The lowest BCUT2D eigenvalue weighted by Gasteiger charge is -2.17. The second-order valence-corrected chi connectivity index (χ2v) is 6.89. The number of benzene rings is 1. The molecule has 0 spiro atoms. The molecule has 0 saturated heterocycles. The first-order valence-electron chi connectivity index (χ1n) is 6.62. The van der Waals surface area contributed by atoms with E-state index in [1.165, 1.54) is 24.5 Å². The number of rotatable bonds is 9. The van der Waals surface area contributed by atoms with E-state index in [0.29, 0.717) is 25.0 Å². The minimum atomic E-state index is -3.33. The highest BCUT2D eigenvalue weighted by atomic mass is 32.2. The fraction of sp³-hybridized carbons (Fsp3) is 0.500. The van der Waals surface area contributed by atoms with Gasteiger partial charge < -0.3 is 9.84 Å². The summed E-state index contributed by atoms with van der Waals surface area (Å²) in [7, 11) is -0.297. The Labute approximate surface area is 125 Å². The molecule has 118 valence electrons. The average Bonchev–Trinajstić information content (AvgIpc) is 2.45. The fourth-order valence-corrected chi connectivity index (χ4v) is 3.07. The van der Waals surface area contributed by atoms with Gasteiger partial charge in [0.05, 0.1) is 11.3 Å². The van der Waals surface area contributed by atoms with Gasteiger partial charge in [-0.25, -0.2) is 17.5 Å². The standard InChI is InChI=1S/C14H21NO5S/c1-15(21(18,19)11-5-10-20-2)9-8-12-6-3-4-7-13(12)14(16)17/h3-4,6-7H,5,8-11H2,1-2H3,(H,16,17). The van der Waals surface area contributed by atoms with E-state index in [1.807, 2.05) is 0 Å². The van der Waals surface area contributed by atoms with Crippen LogP contribution in [0.3, 0.4) is 0 Å². The van der Waals surface area contributed by atoms with Crippen LogP contribution in [0.25, 0.3) is 0 Å². The molecular formula is C14H21NO5S. The summed E-state index contributed by atoms with van der Waals surface area (Å²) in [5.74, 6) is -0.978. The molecule has 0 unspecified atom stereocenters. The summed E-state index contributed by atoms with van der Waals surface area (Å²) in [6.07, 6.45) is 0.803. The van der Waals surface area contributed by atoms with Gasteiger partial charge in [-0.1, -0.05) is 18.2 Å². The molecule has 0 atom stereocenters.